The molecule has 2 heteroatoms. The first kappa shape index (κ1) is 9.63. The van der Waals surface area contributed by atoms with Gasteiger partial charge >= 0.3 is 0 Å². The second-order valence-corrected chi connectivity index (χ2v) is 3.13. The van der Waals surface area contributed by atoms with Crippen LogP contribution in [0.4, 0.5) is 5.69 Å². The van der Waals surface area contributed by atoms with Crippen molar-refractivity contribution >= 4 is 5.69 Å². The highest BCUT2D eigenvalue weighted by Gasteiger charge is 2.02. The van der Waals surface area contributed by atoms with Gasteiger partial charge in [-0.3, -0.25) is 0 Å². The molecule has 1 unspecified atom stereocenters. The van der Waals surface area contributed by atoms with E-state index in [0.717, 1.165) is 11.3 Å². The Bertz CT molecular complexity index is 323. The molecular formula is C11H14N2. The molecule has 1 rings (SSSR count). The first-order valence-electron chi connectivity index (χ1n) is 4.14. The van der Waals surface area contributed by atoms with Gasteiger partial charge in [-0.05, 0) is 17.7 Å². The lowest BCUT2D eigenvalue weighted by Gasteiger charge is -2.14. The molecule has 0 aliphatic rings. The maximum atomic E-state index is 5.71. The second kappa shape index (κ2) is 3.97. The van der Waals surface area contributed by atoms with Gasteiger partial charge in [-0.2, -0.15) is 0 Å². The van der Waals surface area contributed by atoms with Crippen LogP contribution in [-0.4, -0.2) is 14.1 Å². The second-order valence-electron chi connectivity index (χ2n) is 3.13. The van der Waals surface area contributed by atoms with Gasteiger partial charge in [0.1, 0.15) is 0 Å². The van der Waals surface area contributed by atoms with Crippen molar-refractivity contribution in [2.45, 2.75) is 6.04 Å². The molecule has 68 valence electrons. The number of benzene rings is 1. The van der Waals surface area contributed by atoms with E-state index in [4.69, 9.17) is 12.2 Å². The van der Waals surface area contributed by atoms with Gasteiger partial charge in [0.25, 0.3) is 0 Å². The van der Waals surface area contributed by atoms with Crippen molar-refractivity contribution in [3.63, 3.8) is 0 Å². The molecule has 0 saturated heterocycles. The summed E-state index contributed by atoms with van der Waals surface area (Å²) in [5, 5.41) is 0. The summed E-state index contributed by atoms with van der Waals surface area (Å²) in [6.07, 6.45) is 5.24. The smallest absolute Gasteiger partial charge is 0.0919 e. The Kier molecular flexibility index (Phi) is 2.94. The zero-order valence-electron chi connectivity index (χ0n) is 7.99. The van der Waals surface area contributed by atoms with Crippen molar-refractivity contribution in [2.75, 3.05) is 19.0 Å². The number of hydrogen-bond acceptors (Lipinski definition) is 2. The molecule has 0 heterocycles. The van der Waals surface area contributed by atoms with Crippen molar-refractivity contribution in [2.24, 2.45) is 5.73 Å². The van der Waals surface area contributed by atoms with E-state index in [9.17, 15) is 0 Å². The summed E-state index contributed by atoms with van der Waals surface area (Å²) in [6.45, 7) is 0. The summed E-state index contributed by atoms with van der Waals surface area (Å²) >= 11 is 0. The number of nitrogens with two attached hydrogens (primary N) is 1. The third kappa shape index (κ3) is 2.24. The molecule has 0 radical (unpaired) electrons. The maximum Gasteiger partial charge on any atom is 0.0919 e. The minimum atomic E-state index is -0.306. The molecule has 1 aromatic carbocycles. The summed E-state index contributed by atoms with van der Waals surface area (Å²) in [4.78, 5) is 2.02. The normalized spacial score (nSPS) is 11.8. The Morgan fingerprint density at radius 3 is 2.69 bits per heavy atom. The van der Waals surface area contributed by atoms with Crippen LogP contribution in [0.3, 0.4) is 0 Å². The highest BCUT2D eigenvalue weighted by molar-refractivity contribution is 5.48. The first-order chi connectivity index (χ1) is 6.15. The van der Waals surface area contributed by atoms with Crippen LogP contribution in [0, 0.1) is 12.3 Å². The van der Waals surface area contributed by atoms with Crippen LogP contribution in [0.25, 0.3) is 0 Å². The molecule has 0 spiro atoms. The molecule has 2 nitrogen and oxygen atoms in total. The standard InChI is InChI=1S/C11H14N2/c1-4-11(12)9-6-5-7-10(8-9)13(2)3/h1,5-8,11H,12H2,2-3H3. The molecule has 0 aliphatic carbocycles. The predicted octanol–water partition coefficient (Wildman–Crippen LogP) is 1.39. The molecule has 0 amide bonds. The fraction of sp³-hybridized carbons (Fsp3) is 0.273. The van der Waals surface area contributed by atoms with Crippen molar-refractivity contribution in [3.8, 4) is 12.3 Å². The summed E-state index contributed by atoms with van der Waals surface area (Å²) < 4.78 is 0. The van der Waals surface area contributed by atoms with E-state index in [1.54, 1.807) is 0 Å². The predicted molar refractivity (Wildman–Crippen MR) is 56.5 cm³/mol. The fourth-order valence-corrected chi connectivity index (χ4v) is 1.09. The molecule has 0 saturated carbocycles. The zero-order chi connectivity index (χ0) is 9.84. The van der Waals surface area contributed by atoms with Crippen LogP contribution in [0.15, 0.2) is 24.3 Å². The van der Waals surface area contributed by atoms with E-state index in [-0.39, 0.29) is 6.04 Å². The van der Waals surface area contributed by atoms with Gasteiger partial charge in [0.15, 0.2) is 0 Å². The molecule has 1 atom stereocenters. The van der Waals surface area contributed by atoms with Crippen LogP contribution in [0.5, 0.6) is 0 Å². The highest BCUT2D eigenvalue weighted by Crippen LogP contribution is 2.17. The van der Waals surface area contributed by atoms with E-state index in [2.05, 4.69) is 5.92 Å². The van der Waals surface area contributed by atoms with Gasteiger partial charge < -0.3 is 10.6 Å². The van der Waals surface area contributed by atoms with Crippen LogP contribution in [-0.2, 0) is 0 Å². The van der Waals surface area contributed by atoms with Crippen LogP contribution in [0.1, 0.15) is 11.6 Å². The van der Waals surface area contributed by atoms with Crippen LogP contribution in [0.2, 0.25) is 0 Å². The Morgan fingerprint density at radius 1 is 1.46 bits per heavy atom. The van der Waals surface area contributed by atoms with Crippen molar-refractivity contribution < 1.29 is 0 Å². The quantitative estimate of drug-likeness (QED) is 0.686. The monoisotopic (exact) mass is 174 g/mol. The fourth-order valence-electron chi connectivity index (χ4n) is 1.09. The number of nitrogens with zero attached hydrogens (tertiary/aromatic N) is 1. The third-order valence-electron chi connectivity index (χ3n) is 1.93. The lowest BCUT2D eigenvalue weighted by Crippen LogP contribution is -2.11. The molecule has 0 aliphatic heterocycles. The first-order valence-corrected chi connectivity index (χ1v) is 4.14. The van der Waals surface area contributed by atoms with E-state index in [0.29, 0.717) is 0 Å². The van der Waals surface area contributed by atoms with Crippen molar-refractivity contribution in [1.82, 2.24) is 0 Å². The zero-order valence-corrected chi connectivity index (χ0v) is 7.99. The van der Waals surface area contributed by atoms with Crippen molar-refractivity contribution in [1.29, 1.82) is 0 Å². The topological polar surface area (TPSA) is 29.3 Å². The third-order valence-corrected chi connectivity index (χ3v) is 1.93. The number of terminal acetylenes is 1. The van der Waals surface area contributed by atoms with E-state index >= 15 is 0 Å². The Hall–Kier alpha value is -1.46. The highest BCUT2D eigenvalue weighted by atomic mass is 15.1. The Balaban J connectivity index is 3.00. The van der Waals surface area contributed by atoms with Gasteiger partial charge in [-0.15, -0.1) is 6.42 Å². The van der Waals surface area contributed by atoms with Gasteiger partial charge in [0.2, 0.25) is 0 Å². The number of hydrogen-bond donors (Lipinski definition) is 1. The molecule has 0 aromatic heterocycles. The Morgan fingerprint density at radius 2 is 2.15 bits per heavy atom. The van der Waals surface area contributed by atoms with E-state index in [1.807, 2.05) is 43.3 Å². The molecule has 2 N–H and O–H groups in total. The minimum Gasteiger partial charge on any atom is -0.378 e. The van der Waals surface area contributed by atoms with E-state index in [1.165, 1.54) is 0 Å². The van der Waals surface area contributed by atoms with Gasteiger partial charge in [0.05, 0.1) is 6.04 Å². The van der Waals surface area contributed by atoms with Crippen LogP contribution < -0.4 is 10.6 Å². The van der Waals surface area contributed by atoms with Gasteiger partial charge in [0, 0.05) is 19.8 Å². The SMILES string of the molecule is C#CC(N)c1cccc(N(C)C)c1. The molecular weight excluding hydrogens is 160 g/mol. The molecule has 0 fully saturated rings. The number of rotatable bonds is 2. The largest absolute Gasteiger partial charge is 0.378 e. The lowest BCUT2D eigenvalue weighted by atomic mass is 10.1. The average Bonchev–Trinajstić information content (AvgIpc) is 2.17. The summed E-state index contributed by atoms with van der Waals surface area (Å²) in [5.74, 6) is 2.51. The van der Waals surface area contributed by atoms with Crippen molar-refractivity contribution in [3.05, 3.63) is 29.8 Å². The summed E-state index contributed by atoms with van der Waals surface area (Å²) in [6, 6.07) is 7.62. The van der Waals surface area contributed by atoms with Gasteiger partial charge in [-0.1, -0.05) is 18.1 Å². The molecule has 1 aromatic rings. The maximum absolute atomic E-state index is 5.71. The summed E-state index contributed by atoms with van der Waals surface area (Å²) in [7, 11) is 3.97. The minimum absolute atomic E-state index is 0.306. The van der Waals surface area contributed by atoms with Crippen LogP contribution >= 0.6 is 0 Å². The lowest BCUT2D eigenvalue weighted by molar-refractivity contribution is 0.943. The molecule has 0 bridgehead atoms. The number of anilines is 1. The average molecular weight is 174 g/mol. The van der Waals surface area contributed by atoms with Gasteiger partial charge in [-0.25, -0.2) is 0 Å². The molecule has 13 heavy (non-hydrogen) atoms. The Labute approximate surface area is 79.4 Å². The summed E-state index contributed by atoms with van der Waals surface area (Å²) in [5.41, 5.74) is 7.80. The van der Waals surface area contributed by atoms with E-state index < -0.39 is 0 Å².